The SMILES string of the molecule is C[C@H](NC1CCS(=O)CC1)c1cccs1. The second-order valence-corrected chi connectivity index (χ2v) is 6.70. The van der Waals surface area contributed by atoms with Crippen molar-refractivity contribution < 1.29 is 4.21 Å². The molecule has 4 heteroatoms. The molecule has 15 heavy (non-hydrogen) atoms. The summed E-state index contributed by atoms with van der Waals surface area (Å²) in [5, 5.41) is 5.73. The lowest BCUT2D eigenvalue weighted by molar-refractivity contribution is 0.430. The summed E-state index contributed by atoms with van der Waals surface area (Å²) in [7, 11) is -0.550. The maximum absolute atomic E-state index is 11.2. The quantitative estimate of drug-likeness (QED) is 0.882. The van der Waals surface area contributed by atoms with Crippen LogP contribution in [-0.4, -0.2) is 21.8 Å². The minimum Gasteiger partial charge on any atom is -0.307 e. The van der Waals surface area contributed by atoms with E-state index in [2.05, 4.69) is 29.8 Å². The standard InChI is InChI=1S/C11H17NOS2/c1-9(11-3-2-6-14-11)12-10-4-7-15(13)8-5-10/h2-3,6,9-10,12H,4-5,7-8H2,1H3/t9-,10?,15?/m0/s1. The van der Waals surface area contributed by atoms with E-state index in [0.717, 1.165) is 24.3 Å². The molecule has 2 nitrogen and oxygen atoms in total. The molecule has 1 fully saturated rings. The number of hydrogen-bond donors (Lipinski definition) is 1. The minimum atomic E-state index is -0.550. The molecule has 2 rings (SSSR count). The van der Waals surface area contributed by atoms with Gasteiger partial charge in [-0.15, -0.1) is 11.3 Å². The van der Waals surface area contributed by atoms with E-state index in [4.69, 9.17) is 0 Å². The van der Waals surface area contributed by atoms with Crippen molar-refractivity contribution in [2.45, 2.75) is 31.8 Å². The van der Waals surface area contributed by atoms with Crippen molar-refractivity contribution in [2.24, 2.45) is 0 Å². The van der Waals surface area contributed by atoms with Crippen molar-refractivity contribution in [2.75, 3.05) is 11.5 Å². The summed E-state index contributed by atoms with van der Waals surface area (Å²) in [6.07, 6.45) is 2.12. The highest BCUT2D eigenvalue weighted by Gasteiger charge is 2.19. The molecular weight excluding hydrogens is 226 g/mol. The van der Waals surface area contributed by atoms with Crippen molar-refractivity contribution in [1.29, 1.82) is 0 Å². The molecule has 84 valence electrons. The highest BCUT2D eigenvalue weighted by atomic mass is 32.2. The van der Waals surface area contributed by atoms with Gasteiger partial charge < -0.3 is 5.32 Å². The van der Waals surface area contributed by atoms with E-state index in [1.54, 1.807) is 11.3 Å². The van der Waals surface area contributed by atoms with Gasteiger partial charge in [-0.1, -0.05) is 6.07 Å². The van der Waals surface area contributed by atoms with Crippen LogP contribution in [0.1, 0.15) is 30.7 Å². The van der Waals surface area contributed by atoms with E-state index in [9.17, 15) is 4.21 Å². The molecule has 0 bridgehead atoms. The highest BCUT2D eigenvalue weighted by Crippen LogP contribution is 2.20. The molecule has 2 heterocycles. The Labute approximate surface area is 97.5 Å². The summed E-state index contributed by atoms with van der Waals surface area (Å²) in [5.74, 6) is 1.74. The van der Waals surface area contributed by atoms with Crippen molar-refractivity contribution in [3.63, 3.8) is 0 Å². The molecule has 1 aromatic rings. The molecule has 0 aliphatic carbocycles. The van der Waals surface area contributed by atoms with Crippen LogP contribution in [0.15, 0.2) is 17.5 Å². The number of nitrogens with one attached hydrogen (secondary N) is 1. The third kappa shape index (κ3) is 3.13. The Morgan fingerprint density at radius 2 is 2.27 bits per heavy atom. The van der Waals surface area contributed by atoms with Crippen molar-refractivity contribution in [3.05, 3.63) is 22.4 Å². The first-order valence-electron chi connectivity index (χ1n) is 5.40. The van der Waals surface area contributed by atoms with Crippen LogP contribution in [0.2, 0.25) is 0 Å². The Balaban J connectivity index is 1.84. The molecule has 1 atom stereocenters. The Morgan fingerprint density at radius 3 is 2.87 bits per heavy atom. The molecule has 1 N–H and O–H groups in total. The summed E-state index contributed by atoms with van der Waals surface area (Å²) >= 11 is 1.80. The van der Waals surface area contributed by atoms with Crippen LogP contribution >= 0.6 is 11.3 Å². The molecule has 1 aliphatic rings. The molecule has 0 amide bonds. The zero-order chi connectivity index (χ0) is 10.7. The zero-order valence-electron chi connectivity index (χ0n) is 8.94. The fourth-order valence-corrected chi connectivity index (χ4v) is 3.98. The van der Waals surface area contributed by atoms with Gasteiger partial charge in [0.05, 0.1) is 0 Å². The van der Waals surface area contributed by atoms with Gasteiger partial charge in [0.2, 0.25) is 0 Å². The van der Waals surface area contributed by atoms with Crippen LogP contribution in [0.3, 0.4) is 0 Å². The summed E-state index contributed by atoms with van der Waals surface area (Å²) in [6, 6.07) is 5.25. The first kappa shape index (κ1) is 11.3. The van der Waals surface area contributed by atoms with E-state index in [1.165, 1.54) is 4.88 Å². The average Bonchev–Trinajstić information content (AvgIpc) is 2.74. The van der Waals surface area contributed by atoms with Crippen LogP contribution in [-0.2, 0) is 10.8 Å². The Hall–Kier alpha value is -0.190. The van der Waals surface area contributed by atoms with Gasteiger partial charge in [-0.05, 0) is 31.2 Å². The Bertz CT molecular complexity index is 313. The van der Waals surface area contributed by atoms with Gasteiger partial charge in [0.1, 0.15) is 0 Å². The van der Waals surface area contributed by atoms with Crippen LogP contribution in [0.25, 0.3) is 0 Å². The molecule has 0 unspecified atom stereocenters. The third-order valence-electron chi connectivity index (χ3n) is 2.84. The second-order valence-electron chi connectivity index (χ2n) is 4.03. The van der Waals surface area contributed by atoms with E-state index < -0.39 is 10.8 Å². The number of hydrogen-bond acceptors (Lipinski definition) is 3. The smallest absolute Gasteiger partial charge is 0.0388 e. The second kappa shape index (κ2) is 5.23. The molecule has 0 spiro atoms. The molecule has 0 radical (unpaired) electrons. The maximum Gasteiger partial charge on any atom is 0.0388 e. The minimum absolute atomic E-state index is 0.432. The van der Waals surface area contributed by atoms with Gasteiger partial charge in [0.25, 0.3) is 0 Å². The fraction of sp³-hybridized carbons (Fsp3) is 0.636. The highest BCUT2D eigenvalue weighted by molar-refractivity contribution is 7.85. The zero-order valence-corrected chi connectivity index (χ0v) is 10.6. The van der Waals surface area contributed by atoms with Crippen molar-refractivity contribution in [1.82, 2.24) is 5.32 Å². The summed E-state index contributed by atoms with van der Waals surface area (Å²) in [6.45, 7) is 2.21. The molecule has 1 saturated heterocycles. The first-order valence-corrected chi connectivity index (χ1v) is 7.77. The van der Waals surface area contributed by atoms with E-state index >= 15 is 0 Å². The average molecular weight is 243 g/mol. The largest absolute Gasteiger partial charge is 0.307 e. The summed E-state index contributed by atoms with van der Waals surface area (Å²) in [5.41, 5.74) is 0. The molecule has 1 aromatic heterocycles. The monoisotopic (exact) mass is 243 g/mol. The number of rotatable bonds is 3. The lowest BCUT2D eigenvalue weighted by Gasteiger charge is -2.25. The lowest BCUT2D eigenvalue weighted by atomic mass is 10.1. The maximum atomic E-state index is 11.2. The molecule has 1 aliphatic heterocycles. The fourth-order valence-electron chi connectivity index (χ4n) is 1.93. The van der Waals surface area contributed by atoms with Gasteiger partial charge in [-0.2, -0.15) is 0 Å². The van der Waals surface area contributed by atoms with Gasteiger partial charge in [0.15, 0.2) is 0 Å². The summed E-state index contributed by atoms with van der Waals surface area (Å²) < 4.78 is 11.2. The molecule has 0 saturated carbocycles. The normalized spacial score (nSPS) is 28.9. The van der Waals surface area contributed by atoms with E-state index in [1.807, 2.05) is 0 Å². The van der Waals surface area contributed by atoms with Gasteiger partial charge in [-0.25, -0.2) is 0 Å². The topological polar surface area (TPSA) is 29.1 Å². The van der Waals surface area contributed by atoms with Gasteiger partial charge in [0, 0.05) is 39.3 Å². The van der Waals surface area contributed by atoms with Crippen LogP contribution in [0.5, 0.6) is 0 Å². The predicted octanol–water partition coefficient (Wildman–Crippen LogP) is 2.31. The van der Waals surface area contributed by atoms with E-state index in [-0.39, 0.29) is 0 Å². The van der Waals surface area contributed by atoms with Crippen LogP contribution in [0, 0.1) is 0 Å². The third-order valence-corrected chi connectivity index (χ3v) is 5.28. The van der Waals surface area contributed by atoms with Crippen molar-refractivity contribution >= 4 is 22.1 Å². The predicted molar refractivity (Wildman–Crippen MR) is 66.8 cm³/mol. The molecule has 0 aromatic carbocycles. The first-order chi connectivity index (χ1) is 7.25. The lowest BCUT2D eigenvalue weighted by Crippen LogP contribution is -2.36. The van der Waals surface area contributed by atoms with E-state index in [0.29, 0.717) is 12.1 Å². The van der Waals surface area contributed by atoms with Gasteiger partial charge >= 0.3 is 0 Å². The Kier molecular flexibility index (Phi) is 3.94. The van der Waals surface area contributed by atoms with Gasteiger partial charge in [-0.3, -0.25) is 4.21 Å². The van der Waals surface area contributed by atoms with Crippen molar-refractivity contribution in [3.8, 4) is 0 Å². The van der Waals surface area contributed by atoms with Crippen LogP contribution in [0.4, 0.5) is 0 Å². The van der Waals surface area contributed by atoms with Crippen LogP contribution < -0.4 is 5.32 Å². The number of thiophene rings is 1. The Morgan fingerprint density at radius 1 is 1.53 bits per heavy atom. The molecular formula is C11H17NOS2. The summed E-state index contributed by atoms with van der Waals surface area (Å²) in [4.78, 5) is 1.39.